The summed E-state index contributed by atoms with van der Waals surface area (Å²) in [5, 5.41) is 0. The number of halogens is 1. The molecule has 3 nitrogen and oxygen atoms in total. The van der Waals surface area contributed by atoms with Crippen molar-refractivity contribution in [3.8, 4) is 11.5 Å². The molecule has 0 atom stereocenters. The highest BCUT2D eigenvalue weighted by atomic mass is 79.9. The second-order valence-electron chi connectivity index (χ2n) is 4.89. The molecule has 2 rings (SSSR count). The Labute approximate surface area is 133 Å². The van der Waals surface area contributed by atoms with Gasteiger partial charge < -0.3 is 9.47 Å². The molecule has 0 aromatic heterocycles. The fourth-order valence-electron chi connectivity index (χ4n) is 2.30. The van der Waals surface area contributed by atoms with Crippen molar-refractivity contribution < 1.29 is 14.3 Å². The fourth-order valence-corrected chi connectivity index (χ4v) is 2.78. The van der Waals surface area contributed by atoms with E-state index >= 15 is 0 Å². The molecular formula is C17H17BrO3. The number of ether oxygens (including phenoxy) is 2. The minimum Gasteiger partial charge on any atom is -0.496 e. The largest absolute Gasteiger partial charge is 0.496 e. The number of ketones is 1. The summed E-state index contributed by atoms with van der Waals surface area (Å²) in [6.07, 6.45) is 0. The molecule has 0 saturated carbocycles. The Balaban J connectivity index is 2.56. The van der Waals surface area contributed by atoms with Crippen LogP contribution >= 0.6 is 15.9 Å². The highest BCUT2D eigenvalue weighted by molar-refractivity contribution is 9.10. The number of benzene rings is 2. The first-order valence-corrected chi connectivity index (χ1v) is 7.30. The van der Waals surface area contributed by atoms with E-state index in [9.17, 15) is 4.79 Å². The number of carbonyl (C=O) groups excluding carboxylic acids is 1. The molecule has 0 aliphatic carbocycles. The van der Waals surface area contributed by atoms with Crippen molar-refractivity contribution in [2.45, 2.75) is 13.8 Å². The van der Waals surface area contributed by atoms with Crippen molar-refractivity contribution in [2.75, 3.05) is 14.2 Å². The smallest absolute Gasteiger partial charge is 0.196 e. The first-order valence-electron chi connectivity index (χ1n) is 6.50. The van der Waals surface area contributed by atoms with Gasteiger partial charge in [0.25, 0.3) is 0 Å². The predicted octanol–water partition coefficient (Wildman–Crippen LogP) is 4.31. The van der Waals surface area contributed by atoms with Crippen molar-refractivity contribution in [1.29, 1.82) is 0 Å². The molecule has 4 heteroatoms. The van der Waals surface area contributed by atoms with Crippen LogP contribution in [-0.4, -0.2) is 20.0 Å². The average Bonchev–Trinajstić information content (AvgIpc) is 2.45. The Morgan fingerprint density at radius 1 is 0.905 bits per heavy atom. The molecule has 110 valence electrons. The topological polar surface area (TPSA) is 35.5 Å². The molecule has 0 radical (unpaired) electrons. The third-order valence-electron chi connectivity index (χ3n) is 3.20. The Kier molecular flexibility index (Phi) is 4.68. The second-order valence-corrected chi connectivity index (χ2v) is 5.75. The third kappa shape index (κ3) is 3.27. The van der Waals surface area contributed by atoms with E-state index in [4.69, 9.17) is 9.47 Å². The lowest BCUT2D eigenvalue weighted by Gasteiger charge is -2.12. The number of rotatable bonds is 4. The van der Waals surface area contributed by atoms with Gasteiger partial charge in [0.2, 0.25) is 0 Å². The number of carbonyl (C=O) groups is 1. The van der Waals surface area contributed by atoms with Crippen LogP contribution in [0.4, 0.5) is 0 Å². The molecule has 0 aliphatic heterocycles. The molecule has 21 heavy (non-hydrogen) atoms. The zero-order valence-electron chi connectivity index (χ0n) is 12.5. The highest BCUT2D eigenvalue weighted by Gasteiger charge is 2.18. The minimum absolute atomic E-state index is 0.0792. The maximum atomic E-state index is 12.8. The van der Waals surface area contributed by atoms with Gasteiger partial charge in [-0.1, -0.05) is 17.2 Å². The summed E-state index contributed by atoms with van der Waals surface area (Å²) < 4.78 is 11.3. The summed E-state index contributed by atoms with van der Waals surface area (Å²) >= 11 is 3.39. The summed E-state index contributed by atoms with van der Waals surface area (Å²) in [6, 6.07) is 9.24. The Bertz CT molecular complexity index is 672. The van der Waals surface area contributed by atoms with Gasteiger partial charge in [0.1, 0.15) is 11.5 Å². The molecule has 0 unspecified atom stereocenters. The van der Waals surface area contributed by atoms with Gasteiger partial charge in [-0.25, -0.2) is 0 Å². The molecule has 0 amide bonds. The lowest BCUT2D eigenvalue weighted by atomic mass is 9.98. The van der Waals surface area contributed by atoms with Crippen LogP contribution in [0.3, 0.4) is 0 Å². The highest BCUT2D eigenvalue weighted by Crippen LogP contribution is 2.34. The van der Waals surface area contributed by atoms with Gasteiger partial charge >= 0.3 is 0 Å². The first-order chi connectivity index (χ1) is 9.96. The Morgan fingerprint density at radius 2 is 1.48 bits per heavy atom. The van der Waals surface area contributed by atoms with Crippen LogP contribution < -0.4 is 9.47 Å². The van der Waals surface area contributed by atoms with Crippen LogP contribution in [-0.2, 0) is 0 Å². The number of hydrogen-bond donors (Lipinski definition) is 0. The van der Waals surface area contributed by atoms with Crippen LogP contribution in [0.2, 0.25) is 0 Å². The normalized spacial score (nSPS) is 10.3. The van der Waals surface area contributed by atoms with E-state index in [1.807, 2.05) is 32.0 Å². The van der Waals surface area contributed by atoms with Crippen molar-refractivity contribution in [1.82, 2.24) is 0 Å². The van der Waals surface area contributed by atoms with Crippen molar-refractivity contribution in [3.05, 3.63) is 57.1 Å². The molecule has 0 fully saturated rings. The maximum Gasteiger partial charge on any atom is 0.196 e. The minimum atomic E-state index is -0.0792. The summed E-state index contributed by atoms with van der Waals surface area (Å²) in [5.41, 5.74) is 3.25. The molecule has 2 aromatic carbocycles. The molecule has 0 heterocycles. The van der Waals surface area contributed by atoms with E-state index in [1.54, 1.807) is 26.4 Å². The molecule has 2 aromatic rings. The van der Waals surface area contributed by atoms with E-state index < -0.39 is 0 Å². The third-order valence-corrected chi connectivity index (χ3v) is 3.82. The van der Waals surface area contributed by atoms with Gasteiger partial charge in [0.15, 0.2) is 5.78 Å². The van der Waals surface area contributed by atoms with Crippen LogP contribution in [0.15, 0.2) is 34.8 Å². The van der Waals surface area contributed by atoms with Crippen molar-refractivity contribution in [3.63, 3.8) is 0 Å². The van der Waals surface area contributed by atoms with Gasteiger partial charge in [-0.2, -0.15) is 0 Å². The predicted molar refractivity (Wildman–Crippen MR) is 86.6 cm³/mol. The number of aryl methyl sites for hydroxylation is 2. The molecule has 0 saturated heterocycles. The zero-order valence-corrected chi connectivity index (χ0v) is 14.1. The Hall–Kier alpha value is -1.81. The standard InChI is InChI=1S/C17H17BrO3/c1-10-5-11(2)7-12(6-10)17(19)13-8-16(21-4)14(18)9-15(13)20-3/h5-9H,1-4H3. The number of methoxy groups -OCH3 is 2. The van der Waals surface area contributed by atoms with Crippen molar-refractivity contribution in [2.24, 2.45) is 0 Å². The van der Waals surface area contributed by atoms with E-state index in [2.05, 4.69) is 15.9 Å². The monoisotopic (exact) mass is 348 g/mol. The zero-order chi connectivity index (χ0) is 15.6. The van der Waals surface area contributed by atoms with Gasteiger partial charge in [-0.05, 0) is 54.0 Å². The van der Waals surface area contributed by atoms with Gasteiger partial charge in [-0.15, -0.1) is 0 Å². The van der Waals surface area contributed by atoms with Gasteiger partial charge in [-0.3, -0.25) is 4.79 Å². The Morgan fingerprint density at radius 3 is 2.00 bits per heavy atom. The summed E-state index contributed by atoms with van der Waals surface area (Å²) in [6.45, 7) is 3.95. The molecule has 0 spiro atoms. The summed E-state index contributed by atoms with van der Waals surface area (Å²) in [4.78, 5) is 12.8. The van der Waals surface area contributed by atoms with Crippen molar-refractivity contribution >= 4 is 21.7 Å². The lowest BCUT2D eigenvalue weighted by Crippen LogP contribution is -2.05. The van der Waals surface area contributed by atoms with E-state index in [-0.39, 0.29) is 5.78 Å². The van der Waals surface area contributed by atoms with Crippen LogP contribution in [0, 0.1) is 13.8 Å². The van der Waals surface area contributed by atoms with Crippen LogP contribution in [0.1, 0.15) is 27.0 Å². The second kappa shape index (κ2) is 6.31. The van der Waals surface area contributed by atoms with E-state index in [0.29, 0.717) is 22.6 Å². The summed E-state index contributed by atoms with van der Waals surface area (Å²) in [5.74, 6) is 1.04. The van der Waals surface area contributed by atoms with E-state index in [0.717, 1.165) is 15.6 Å². The van der Waals surface area contributed by atoms with Gasteiger partial charge in [0, 0.05) is 5.56 Å². The molecular weight excluding hydrogens is 332 g/mol. The van der Waals surface area contributed by atoms with Crippen LogP contribution in [0.5, 0.6) is 11.5 Å². The van der Waals surface area contributed by atoms with Crippen LogP contribution in [0.25, 0.3) is 0 Å². The molecule has 0 bridgehead atoms. The fraction of sp³-hybridized carbons (Fsp3) is 0.235. The molecule has 0 N–H and O–H groups in total. The first kappa shape index (κ1) is 15.6. The number of hydrogen-bond acceptors (Lipinski definition) is 3. The average molecular weight is 349 g/mol. The van der Waals surface area contributed by atoms with E-state index in [1.165, 1.54) is 0 Å². The van der Waals surface area contributed by atoms with Gasteiger partial charge in [0.05, 0.1) is 24.3 Å². The molecule has 0 aliphatic rings. The SMILES string of the molecule is COc1cc(C(=O)c2cc(C)cc(C)c2)c(OC)cc1Br. The maximum absolute atomic E-state index is 12.8. The lowest BCUT2D eigenvalue weighted by molar-refractivity contribution is 0.103. The quantitative estimate of drug-likeness (QED) is 0.772. The summed E-state index contributed by atoms with van der Waals surface area (Å²) in [7, 11) is 3.12.